The quantitative estimate of drug-likeness (QED) is 0.872. The van der Waals surface area contributed by atoms with Gasteiger partial charge in [-0.15, -0.1) is 0 Å². The van der Waals surface area contributed by atoms with Crippen LogP contribution in [0.5, 0.6) is 0 Å². The average Bonchev–Trinajstić information content (AvgIpc) is 2.39. The monoisotopic (exact) mass is 290 g/mol. The summed E-state index contributed by atoms with van der Waals surface area (Å²) >= 11 is 10.9. The Morgan fingerprint density at radius 2 is 1.89 bits per heavy atom. The fraction of sp³-hybridized carbons (Fsp3) is 0.133. The van der Waals surface area contributed by atoms with Crippen LogP contribution in [-0.2, 0) is 6.54 Å². The maximum absolute atomic E-state index is 5.98. The molecule has 0 saturated heterocycles. The van der Waals surface area contributed by atoms with E-state index in [1.807, 2.05) is 49.5 Å². The normalized spacial score (nSPS) is 10.2. The molecule has 0 aliphatic carbocycles. The van der Waals surface area contributed by atoms with Gasteiger partial charge in [0, 0.05) is 29.9 Å². The first-order valence-electron chi connectivity index (χ1n) is 5.92. The van der Waals surface area contributed by atoms with Crippen molar-refractivity contribution in [3.05, 3.63) is 64.7 Å². The van der Waals surface area contributed by atoms with Crippen LogP contribution < -0.4 is 10.6 Å². The van der Waals surface area contributed by atoms with Gasteiger partial charge in [0.1, 0.15) is 4.99 Å². The van der Waals surface area contributed by atoms with Crippen LogP contribution in [0.3, 0.4) is 0 Å². The van der Waals surface area contributed by atoms with Gasteiger partial charge in [-0.3, -0.25) is 0 Å². The van der Waals surface area contributed by atoms with Gasteiger partial charge in [-0.2, -0.15) is 0 Å². The zero-order valence-electron chi connectivity index (χ0n) is 10.6. The van der Waals surface area contributed by atoms with Gasteiger partial charge in [-0.05, 0) is 42.0 Å². The number of hydrogen-bond donors (Lipinski definition) is 1. The first-order valence-corrected chi connectivity index (χ1v) is 6.70. The highest BCUT2D eigenvalue weighted by Crippen LogP contribution is 2.18. The molecule has 0 fully saturated rings. The molecule has 2 N–H and O–H groups in total. The Labute approximate surface area is 123 Å². The zero-order chi connectivity index (χ0) is 13.8. The third-order valence-electron chi connectivity index (χ3n) is 2.90. The molecule has 2 aromatic carbocycles. The first-order chi connectivity index (χ1) is 9.06. The van der Waals surface area contributed by atoms with Gasteiger partial charge in [0.15, 0.2) is 0 Å². The van der Waals surface area contributed by atoms with Crippen molar-refractivity contribution in [3.8, 4) is 0 Å². The highest BCUT2D eigenvalue weighted by Gasteiger charge is 2.03. The van der Waals surface area contributed by atoms with Crippen molar-refractivity contribution in [1.82, 2.24) is 0 Å². The van der Waals surface area contributed by atoms with Gasteiger partial charge in [0.25, 0.3) is 0 Å². The van der Waals surface area contributed by atoms with Crippen LogP contribution in [-0.4, -0.2) is 12.0 Å². The highest BCUT2D eigenvalue weighted by molar-refractivity contribution is 7.80. The maximum atomic E-state index is 5.98. The van der Waals surface area contributed by atoms with Gasteiger partial charge in [-0.25, -0.2) is 0 Å². The summed E-state index contributed by atoms with van der Waals surface area (Å²) < 4.78 is 0. The Kier molecular flexibility index (Phi) is 4.40. The lowest BCUT2D eigenvalue weighted by molar-refractivity contribution is 0.923. The summed E-state index contributed by atoms with van der Waals surface area (Å²) in [4.78, 5) is 2.57. The second kappa shape index (κ2) is 6.04. The van der Waals surface area contributed by atoms with Gasteiger partial charge >= 0.3 is 0 Å². The molecule has 0 saturated carbocycles. The Hall–Kier alpha value is -1.58. The van der Waals surface area contributed by atoms with E-state index >= 15 is 0 Å². The molecule has 0 spiro atoms. The first kappa shape index (κ1) is 13.8. The molecular weight excluding hydrogens is 276 g/mol. The Morgan fingerprint density at radius 3 is 2.47 bits per heavy atom. The maximum Gasteiger partial charge on any atom is 0.103 e. The molecule has 98 valence electrons. The molecule has 0 atom stereocenters. The summed E-state index contributed by atoms with van der Waals surface area (Å²) in [6.07, 6.45) is 0. The summed E-state index contributed by atoms with van der Waals surface area (Å²) in [7, 11) is 2.04. The van der Waals surface area contributed by atoms with Crippen LogP contribution in [0.1, 0.15) is 11.1 Å². The number of benzene rings is 2. The minimum Gasteiger partial charge on any atom is -0.389 e. The van der Waals surface area contributed by atoms with E-state index in [2.05, 4.69) is 11.0 Å². The fourth-order valence-electron chi connectivity index (χ4n) is 1.88. The lowest BCUT2D eigenvalue weighted by Crippen LogP contribution is -2.16. The van der Waals surface area contributed by atoms with Crippen molar-refractivity contribution in [3.63, 3.8) is 0 Å². The molecule has 0 heterocycles. The molecule has 19 heavy (non-hydrogen) atoms. The fourth-order valence-corrected chi connectivity index (χ4v) is 2.23. The molecule has 4 heteroatoms. The van der Waals surface area contributed by atoms with E-state index in [9.17, 15) is 0 Å². The van der Waals surface area contributed by atoms with E-state index in [0.717, 1.165) is 22.8 Å². The largest absolute Gasteiger partial charge is 0.389 e. The molecule has 0 radical (unpaired) electrons. The van der Waals surface area contributed by atoms with Crippen LogP contribution in [0.4, 0.5) is 5.69 Å². The molecule has 0 bridgehead atoms. The number of thiocarbonyl (C=S) groups is 1. The average molecular weight is 291 g/mol. The summed E-state index contributed by atoms with van der Waals surface area (Å²) in [5.74, 6) is 0. The number of anilines is 1. The van der Waals surface area contributed by atoms with Crippen LogP contribution in [0.2, 0.25) is 5.02 Å². The standard InChI is InChI=1S/C15H15ClN2S/c1-18(10-11-3-2-4-13(16)9-11)14-7-5-12(6-8-14)15(17)19/h2-9H,10H2,1H3,(H2,17,19). The van der Waals surface area contributed by atoms with Gasteiger partial charge in [0.2, 0.25) is 0 Å². The predicted molar refractivity (Wildman–Crippen MR) is 85.9 cm³/mol. The van der Waals surface area contributed by atoms with Crippen molar-refractivity contribution in [2.24, 2.45) is 5.73 Å². The van der Waals surface area contributed by atoms with Crippen molar-refractivity contribution in [2.45, 2.75) is 6.54 Å². The summed E-state index contributed by atoms with van der Waals surface area (Å²) in [6, 6.07) is 15.8. The Balaban J connectivity index is 2.11. The third-order valence-corrected chi connectivity index (χ3v) is 3.37. The van der Waals surface area contributed by atoms with E-state index in [4.69, 9.17) is 29.6 Å². The zero-order valence-corrected chi connectivity index (χ0v) is 12.2. The van der Waals surface area contributed by atoms with E-state index in [1.165, 1.54) is 5.56 Å². The molecular formula is C15H15ClN2S. The second-order valence-corrected chi connectivity index (χ2v) is 5.27. The molecule has 2 aromatic rings. The minimum atomic E-state index is 0.420. The van der Waals surface area contributed by atoms with E-state index < -0.39 is 0 Å². The Bertz CT molecular complexity index is 581. The number of rotatable bonds is 4. The van der Waals surface area contributed by atoms with Crippen molar-refractivity contribution >= 4 is 34.5 Å². The van der Waals surface area contributed by atoms with Gasteiger partial charge in [0.05, 0.1) is 0 Å². The number of halogens is 1. The number of nitrogens with zero attached hydrogens (tertiary/aromatic N) is 1. The van der Waals surface area contributed by atoms with Crippen molar-refractivity contribution in [1.29, 1.82) is 0 Å². The molecule has 2 rings (SSSR count). The molecule has 0 aliphatic rings. The second-order valence-electron chi connectivity index (χ2n) is 4.40. The predicted octanol–water partition coefficient (Wildman–Crippen LogP) is 3.61. The molecule has 0 aromatic heterocycles. The van der Waals surface area contributed by atoms with Gasteiger partial charge in [-0.1, -0.05) is 36.0 Å². The summed E-state index contributed by atoms with van der Waals surface area (Å²) in [5, 5.41) is 0.759. The number of nitrogens with two attached hydrogens (primary N) is 1. The topological polar surface area (TPSA) is 29.3 Å². The van der Waals surface area contributed by atoms with E-state index in [-0.39, 0.29) is 0 Å². The van der Waals surface area contributed by atoms with Crippen LogP contribution in [0.25, 0.3) is 0 Å². The smallest absolute Gasteiger partial charge is 0.103 e. The SMILES string of the molecule is CN(Cc1cccc(Cl)c1)c1ccc(C(N)=S)cc1. The van der Waals surface area contributed by atoms with Crippen molar-refractivity contribution in [2.75, 3.05) is 11.9 Å². The van der Waals surface area contributed by atoms with Crippen LogP contribution in [0.15, 0.2) is 48.5 Å². The van der Waals surface area contributed by atoms with Gasteiger partial charge < -0.3 is 10.6 Å². The lowest BCUT2D eigenvalue weighted by atomic mass is 10.1. The number of hydrogen-bond acceptors (Lipinski definition) is 2. The molecule has 0 amide bonds. The summed E-state index contributed by atoms with van der Waals surface area (Å²) in [5.41, 5.74) is 8.75. The molecule has 0 unspecified atom stereocenters. The highest BCUT2D eigenvalue weighted by atomic mass is 35.5. The Morgan fingerprint density at radius 1 is 1.21 bits per heavy atom. The van der Waals surface area contributed by atoms with E-state index in [1.54, 1.807) is 0 Å². The summed E-state index contributed by atoms with van der Waals surface area (Å²) in [6.45, 7) is 0.799. The lowest BCUT2D eigenvalue weighted by Gasteiger charge is -2.19. The van der Waals surface area contributed by atoms with Crippen LogP contribution >= 0.6 is 23.8 Å². The van der Waals surface area contributed by atoms with Crippen LogP contribution in [0, 0.1) is 0 Å². The van der Waals surface area contributed by atoms with Crippen molar-refractivity contribution < 1.29 is 0 Å². The van der Waals surface area contributed by atoms with E-state index in [0.29, 0.717) is 4.99 Å². The molecule has 0 aliphatic heterocycles. The third kappa shape index (κ3) is 3.69. The minimum absolute atomic E-state index is 0.420. The molecule has 2 nitrogen and oxygen atoms in total.